The normalized spacial score (nSPS) is 14.6. The Morgan fingerprint density at radius 2 is 1.77 bits per heavy atom. The number of ether oxygens (including phenoxy) is 1. The van der Waals surface area contributed by atoms with Gasteiger partial charge in [-0.25, -0.2) is 8.42 Å². The summed E-state index contributed by atoms with van der Waals surface area (Å²) in [6.45, 7) is -0.0346. The van der Waals surface area contributed by atoms with E-state index in [-0.39, 0.29) is 42.6 Å². The Morgan fingerprint density at radius 1 is 1.10 bits per heavy atom. The minimum atomic E-state index is -3.82. The van der Waals surface area contributed by atoms with Crippen molar-refractivity contribution in [3.8, 4) is 5.75 Å². The Morgan fingerprint density at radius 3 is 2.37 bits per heavy atom. The van der Waals surface area contributed by atoms with Crippen molar-refractivity contribution in [1.82, 2.24) is 9.62 Å². The predicted molar refractivity (Wildman–Crippen MR) is 107 cm³/mol. The molecule has 4 N–H and O–H groups in total. The number of primary amides is 1. The fourth-order valence-corrected chi connectivity index (χ4v) is 4.14. The van der Waals surface area contributed by atoms with E-state index in [1.54, 1.807) is 24.3 Å². The summed E-state index contributed by atoms with van der Waals surface area (Å²) in [5, 5.41) is 5.25. The van der Waals surface area contributed by atoms with Crippen molar-refractivity contribution in [2.75, 3.05) is 31.6 Å². The molecule has 30 heavy (non-hydrogen) atoms. The van der Waals surface area contributed by atoms with Gasteiger partial charge in [-0.3, -0.25) is 14.4 Å². The van der Waals surface area contributed by atoms with E-state index in [0.29, 0.717) is 11.4 Å². The molecule has 0 bridgehead atoms. The van der Waals surface area contributed by atoms with Gasteiger partial charge in [-0.1, -0.05) is 0 Å². The van der Waals surface area contributed by atoms with Gasteiger partial charge in [0.1, 0.15) is 5.75 Å². The molecular formula is C19H20N4O6S. The number of rotatable bonds is 7. The Hall–Kier alpha value is -3.44. The SMILES string of the molecule is NC(=O)COc1ccc(NC(=O)c2ccc(S(=O)(=O)N3CCNC(=O)C3)cc2)cc1. The van der Waals surface area contributed by atoms with Gasteiger partial charge in [0.2, 0.25) is 15.9 Å². The quantitative estimate of drug-likeness (QED) is 0.558. The Bertz CT molecular complexity index is 1050. The van der Waals surface area contributed by atoms with Gasteiger partial charge in [0.05, 0.1) is 11.4 Å². The number of nitrogens with zero attached hydrogens (tertiary/aromatic N) is 1. The molecule has 1 aliphatic rings. The number of sulfonamides is 1. The largest absolute Gasteiger partial charge is 0.484 e. The molecule has 1 heterocycles. The third-order valence-electron chi connectivity index (χ3n) is 4.25. The van der Waals surface area contributed by atoms with Crippen LogP contribution in [0.2, 0.25) is 0 Å². The first-order valence-electron chi connectivity index (χ1n) is 8.95. The van der Waals surface area contributed by atoms with Gasteiger partial charge in [0, 0.05) is 24.3 Å². The summed E-state index contributed by atoms with van der Waals surface area (Å²) in [6.07, 6.45) is 0. The second-order valence-electron chi connectivity index (χ2n) is 6.45. The summed E-state index contributed by atoms with van der Waals surface area (Å²) >= 11 is 0. The minimum Gasteiger partial charge on any atom is -0.484 e. The first-order valence-corrected chi connectivity index (χ1v) is 10.4. The average Bonchev–Trinajstić information content (AvgIpc) is 2.73. The molecular weight excluding hydrogens is 412 g/mol. The number of hydrogen-bond acceptors (Lipinski definition) is 6. The van der Waals surface area contributed by atoms with Crippen molar-refractivity contribution < 1.29 is 27.5 Å². The van der Waals surface area contributed by atoms with Crippen molar-refractivity contribution >= 4 is 33.4 Å². The highest BCUT2D eigenvalue weighted by Crippen LogP contribution is 2.19. The van der Waals surface area contributed by atoms with Crippen molar-refractivity contribution in [2.24, 2.45) is 5.73 Å². The maximum Gasteiger partial charge on any atom is 0.255 e. The monoisotopic (exact) mass is 432 g/mol. The number of hydrogen-bond donors (Lipinski definition) is 3. The molecule has 2 aromatic carbocycles. The van der Waals surface area contributed by atoms with E-state index in [9.17, 15) is 22.8 Å². The number of amides is 3. The Labute approximate surface area is 173 Å². The second kappa shape index (κ2) is 8.93. The number of piperazine rings is 1. The fourth-order valence-electron chi connectivity index (χ4n) is 2.74. The molecule has 0 saturated carbocycles. The molecule has 1 aliphatic heterocycles. The standard InChI is InChI=1S/C19H20N4O6S/c20-17(24)12-29-15-5-3-14(4-6-15)22-19(26)13-1-7-16(8-2-13)30(27,28)23-10-9-21-18(25)11-23/h1-8H,9-12H2,(H2,20,24)(H,21,25)(H,22,26). The molecule has 1 saturated heterocycles. The Balaban J connectivity index is 1.65. The highest BCUT2D eigenvalue weighted by Gasteiger charge is 2.29. The van der Waals surface area contributed by atoms with Crippen LogP contribution in [-0.2, 0) is 19.6 Å². The Kier molecular flexibility index (Phi) is 6.33. The highest BCUT2D eigenvalue weighted by atomic mass is 32.2. The van der Waals surface area contributed by atoms with Crippen LogP contribution in [-0.4, -0.2) is 56.7 Å². The summed E-state index contributed by atoms with van der Waals surface area (Å²) in [4.78, 5) is 34.6. The smallest absolute Gasteiger partial charge is 0.255 e. The molecule has 11 heteroatoms. The zero-order valence-electron chi connectivity index (χ0n) is 15.8. The lowest BCUT2D eigenvalue weighted by atomic mass is 10.2. The molecule has 0 radical (unpaired) electrons. The molecule has 1 fully saturated rings. The molecule has 0 atom stereocenters. The summed E-state index contributed by atoms with van der Waals surface area (Å²) in [7, 11) is -3.82. The van der Waals surface area contributed by atoms with Crippen LogP contribution in [0.3, 0.4) is 0 Å². The van der Waals surface area contributed by atoms with Crippen molar-refractivity contribution in [3.05, 3.63) is 54.1 Å². The first kappa shape index (κ1) is 21.3. The topological polar surface area (TPSA) is 148 Å². The van der Waals surface area contributed by atoms with E-state index in [1.165, 1.54) is 24.3 Å². The summed E-state index contributed by atoms with van der Waals surface area (Å²) in [6, 6.07) is 11.8. The van der Waals surface area contributed by atoms with Gasteiger partial charge in [0.25, 0.3) is 11.8 Å². The van der Waals surface area contributed by atoms with E-state index < -0.39 is 21.8 Å². The fraction of sp³-hybridized carbons (Fsp3) is 0.211. The summed E-state index contributed by atoms with van der Waals surface area (Å²) < 4.78 is 31.5. The number of carbonyl (C=O) groups is 3. The molecule has 158 valence electrons. The van der Waals surface area contributed by atoms with E-state index >= 15 is 0 Å². The predicted octanol–water partition coefficient (Wildman–Crippen LogP) is -0.0765. The molecule has 10 nitrogen and oxygen atoms in total. The molecule has 0 unspecified atom stereocenters. The molecule has 2 aromatic rings. The molecule has 3 amide bonds. The zero-order valence-corrected chi connectivity index (χ0v) is 16.6. The van der Waals surface area contributed by atoms with Gasteiger partial charge in [-0.15, -0.1) is 0 Å². The molecule has 3 rings (SSSR count). The highest BCUT2D eigenvalue weighted by molar-refractivity contribution is 7.89. The minimum absolute atomic E-state index is 0.00435. The lowest BCUT2D eigenvalue weighted by molar-refractivity contribution is -0.122. The van der Waals surface area contributed by atoms with Gasteiger partial charge < -0.3 is 21.1 Å². The number of benzene rings is 2. The van der Waals surface area contributed by atoms with Crippen molar-refractivity contribution in [3.63, 3.8) is 0 Å². The van der Waals surface area contributed by atoms with Crippen LogP contribution in [0.4, 0.5) is 5.69 Å². The molecule has 0 aliphatic carbocycles. The number of nitrogens with one attached hydrogen (secondary N) is 2. The maximum atomic E-state index is 12.6. The maximum absolute atomic E-state index is 12.6. The van der Waals surface area contributed by atoms with Crippen LogP contribution < -0.4 is 21.1 Å². The van der Waals surface area contributed by atoms with Gasteiger partial charge in [-0.05, 0) is 48.5 Å². The number of nitrogens with two attached hydrogens (primary N) is 1. The lowest BCUT2D eigenvalue weighted by Gasteiger charge is -2.25. The van der Waals surface area contributed by atoms with Crippen LogP contribution in [0, 0.1) is 0 Å². The van der Waals surface area contributed by atoms with E-state index in [1.807, 2.05) is 0 Å². The van der Waals surface area contributed by atoms with Crippen LogP contribution in [0.1, 0.15) is 10.4 Å². The number of carbonyl (C=O) groups excluding carboxylic acids is 3. The van der Waals surface area contributed by atoms with Crippen LogP contribution in [0.25, 0.3) is 0 Å². The van der Waals surface area contributed by atoms with Gasteiger partial charge in [-0.2, -0.15) is 4.31 Å². The third-order valence-corrected chi connectivity index (χ3v) is 6.11. The van der Waals surface area contributed by atoms with Gasteiger partial charge in [0.15, 0.2) is 6.61 Å². The van der Waals surface area contributed by atoms with Gasteiger partial charge >= 0.3 is 0 Å². The van der Waals surface area contributed by atoms with Crippen LogP contribution in [0.5, 0.6) is 5.75 Å². The van der Waals surface area contributed by atoms with Crippen LogP contribution in [0.15, 0.2) is 53.4 Å². The summed E-state index contributed by atoms with van der Waals surface area (Å²) in [5.74, 6) is -0.955. The van der Waals surface area contributed by atoms with Crippen LogP contribution >= 0.6 is 0 Å². The van der Waals surface area contributed by atoms with Crippen molar-refractivity contribution in [1.29, 1.82) is 0 Å². The second-order valence-corrected chi connectivity index (χ2v) is 8.38. The van der Waals surface area contributed by atoms with Crippen molar-refractivity contribution in [2.45, 2.75) is 4.90 Å². The number of anilines is 1. The molecule has 0 aromatic heterocycles. The van der Waals surface area contributed by atoms with E-state index in [0.717, 1.165) is 4.31 Å². The summed E-state index contributed by atoms with van der Waals surface area (Å²) in [5.41, 5.74) is 5.76. The molecule has 0 spiro atoms. The first-order chi connectivity index (χ1) is 14.3. The third kappa shape index (κ3) is 5.13. The lowest BCUT2D eigenvalue weighted by Crippen LogP contribution is -2.49. The van der Waals surface area contributed by atoms with E-state index in [4.69, 9.17) is 10.5 Å². The van der Waals surface area contributed by atoms with E-state index in [2.05, 4.69) is 10.6 Å². The zero-order chi connectivity index (χ0) is 21.7. The average molecular weight is 432 g/mol.